The van der Waals surface area contributed by atoms with Gasteiger partial charge in [-0.2, -0.15) is 0 Å². The predicted octanol–water partition coefficient (Wildman–Crippen LogP) is 2.19. The summed E-state index contributed by atoms with van der Waals surface area (Å²) >= 11 is 0. The number of hydrogen-bond donors (Lipinski definition) is 2. The Labute approximate surface area is 110 Å². The molecule has 1 aromatic carbocycles. The van der Waals surface area contributed by atoms with Gasteiger partial charge in [0.15, 0.2) is 0 Å². The number of aliphatic hydroxyl groups is 1. The van der Waals surface area contributed by atoms with Crippen molar-refractivity contribution in [2.75, 3.05) is 14.1 Å². The average Bonchev–Trinajstić information content (AvgIpc) is 2.32. The van der Waals surface area contributed by atoms with Crippen molar-refractivity contribution in [3.63, 3.8) is 0 Å². The molecule has 1 aromatic rings. The summed E-state index contributed by atoms with van der Waals surface area (Å²) in [5, 5.41) is 13.1. The lowest BCUT2D eigenvalue weighted by atomic mass is 9.74. The lowest BCUT2D eigenvalue weighted by Gasteiger charge is -2.42. The van der Waals surface area contributed by atoms with Gasteiger partial charge in [0.1, 0.15) is 5.60 Å². The van der Waals surface area contributed by atoms with E-state index in [1.165, 1.54) is 12.0 Å². The number of benzene rings is 1. The molecule has 0 heterocycles. The highest BCUT2D eigenvalue weighted by atomic mass is 16.3. The summed E-state index contributed by atoms with van der Waals surface area (Å²) in [6.07, 6.45) is 4.13. The van der Waals surface area contributed by atoms with Crippen molar-refractivity contribution in [3.05, 3.63) is 35.4 Å². The Morgan fingerprint density at radius 1 is 1.28 bits per heavy atom. The smallest absolute Gasteiger partial charge is 0.106 e. The molecule has 0 radical (unpaired) electrons. The zero-order valence-corrected chi connectivity index (χ0v) is 11.6. The van der Waals surface area contributed by atoms with Crippen molar-refractivity contribution in [1.82, 2.24) is 10.4 Å². The first-order chi connectivity index (χ1) is 8.54. The van der Waals surface area contributed by atoms with Gasteiger partial charge in [-0.1, -0.05) is 37.1 Å². The predicted molar refractivity (Wildman–Crippen MR) is 74.2 cm³/mol. The number of aryl methyl sites for hydroxylation is 1. The van der Waals surface area contributed by atoms with Gasteiger partial charge in [0.2, 0.25) is 0 Å². The zero-order chi connectivity index (χ0) is 13.2. The third-order valence-corrected chi connectivity index (χ3v) is 3.90. The first-order valence-corrected chi connectivity index (χ1v) is 6.76. The first-order valence-electron chi connectivity index (χ1n) is 6.76. The zero-order valence-electron chi connectivity index (χ0n) is 11.6. The van der Waals surface area contributed by atoms with Crippen molar-refractivity contribution < 1.29 is 5.11 Å². The molecule has 0 aliphatic heterocycles. The molecular formula is C15H24N2O. The monoisotopic (exact) mass is 248 g/mol. The van der Waals surface area contributed by atoms with E-state index in [1.54, 1.807) is 0 Å². The lowest BCUT2D eigenvalue weighted by Crippen LogP contribution is -2.54. The van der Waals surface area contributed by atoms with Gasteiger partial charge in [0, 0.05) is 14.1 Å². The summed E-state index contributed by atoms with van der Waals surface area (Å²) in [6.45, 7) is 2.08. The number of hydrazine groups is 1. The van der Waals surface area contributed by atoms with Gasteiger partial charge in [-0.15, -0.1) is 0 Å². The summed E-state index contributed by atoms with van der Waals surface area (Å²) in [5.41, 5.74) is 4.89. The number of hydrogen-bond acceptors (Lipinski definition) is 3. The maximum atomic E-state index is 11.1. The standard InChI is InChI=1S/C15H24N2O/c1-12-8-4-5-9-13(12)15(18)11-7-6-10-14(15)16-17(2)3/h4-5,8-9,14,16,18H,6-7,10-11H2,1-3H3/t14-,15-/m0/s1. The second-order valence-corrected chi connectivity index (χ2v) is 5.56. The SMILES string of the molecule is Cc1ccccc1[C@@]1(O)CCCC[C@@H]1NN(C)C. The Balaban J connectivity index is 2.33. The van der Waals surface area contributed by atoms with E-state index in [1.807, 2.05) is 31.2 Å². The van der Waals surface area contributed by atoms with Crippen LogP contribution >= 0.6 is 0 Å². The molecule has 2 atom stereocenters. The van der Waals surface area contributed by atoms with Crippen LogP contribution in [0.3, 0.4) is 0 Å². The van der Waals surface area contributed by atoms with E-state index < -0.39 is 5.60 Å². The van der Waals surface area contributed by atoms with E-state index in [0.29, 0.717) is 0 Å². The van der Waals surface area contributed by atoms with Crippen LogP contribution < -0.4 is 5.43 Å². The van der Waals surface area contributed by atoms with E-state index in [2.05, 4.69) is 24.5 Å². The summed E-state index contributed by atoms with van der Waals surface area (Å²) in [7, 11) is 3.96. The van der Waals surface area contributed by atoms with E-state index in [9.17, 15) is 5.11 Å². The highest BCUT2D eigenvalue weighted by molar-refractivity contribution is 5.33. The van der Waals surface area contributed by atoms with Crippen LogP contribution in [-0.2, 0) is 5.60 Å². The van der Waals surface area contributed by atoms with Crippen molar-refractivity contribution in [2.45, 2.75) is 44.2 Å². The van der Waals surface area contributed by atoms with E-state index in [4.69, 9.17) is 0 Å². The molecule has 0 aromatic heterocycles. The van der Waals surface area contributed by atoms with E-state index in [-0.39, 0.29) is 6.04 Å². The molecule has 1 fully saturated rings. The number of nitrogens with zero attached hydrogens (tertiary/aromatic N) is 1. The Morgan fingerprint density at radius 2 is 2.00 bits per heavy atom. The van der Waals surface area contributed by atoms with Gasteiger partial charge in [-0.3, -0.25) is 5.01 Å². The van der Waals surface area contributed by atoms with Crippen molar-refractivity contribution >= 4 is 0 Å². The van der Waals surface area contributed by atoms with Crippen LogP contribution in [0.2, 0.25) is 0 Å². The third-order valence-electron chi connectivity index (χ3n) is 3.90. The summed E-state index contributed by atoms with van der Waals surface area (Å²) in [6, 6.07) is 8.28. The van der Waals surface area contributed by atoms with Crippen LogP contribution in [0, 0.1) is 6.92 Å². The average molecular weight is 248 g/mol. The van der Waals surface area contributed by atoms with Crippen LogP contribution in [-0.4, -0.2) is 30.3 Å². The maximum Gasteiger partial charge on any atom is 0.106 e. The number of nitrogens with one attached hydrogen (secondary N) is 1. The van der Waals surface area contributed by atoms with Gasteiger partial charge in [-0.25, -0.2) is 5.43 Å². The molecule has 18 heavy (non-hydrogen) atoms. The van der Waals surface area contributed by atoms with Gasteiger partial charge in [-0.05, 0) is 30.9 Å². The van der Waals surface area contributed by atoms with Crippen LogP contribution in [0.25, 0.3) is 0 Å². The molecule has 0 unspecified atom stereocenters. The lowest BCUT2D eigenvalue weighted by molar-refractivity contribution is -0.0519. The molecular weight excluding hydrogens is 224 g/mol. The Bertz CT molecular complexity index is 405. The molecule has 0 amide bonds. The molecule has 2 N–H and O–H groups in total. The molecule has 0 saturated heterocycles. The fourth-order valence-electron chi connectivity index (χ4n) is 3.02. The topological polar surface area (TPSA) is 35.5 Å². The summed E-state index contributed by atoms with van der Waals surface area (Å²) in [4.78, 5) is 0. The Hall–Kier alpha value is -0.900. The minimum Gasteiger partial charge on any atom is -0.383 e. The molecule has 0 bridgehead atoms. The quantitative estimate of drug-likeness (QED) is 0.805. The molecule has 0 spiro atoms. The second-order valence-electron chi connectivity index (χ2n) is 5.56. The molecule has 1 saturated carbocycles. The van der Waals surface area contributed by atoms with Crippen LogP contribution in [0.5, 0.6) is 0 Å². The maximum absolute atomic E-state index is 11.1. The minimum absolute atomic E-state index is 0.0994. The first kappa shape index (κ1) is 13.5. The Morgan fingerprint density at radius 3 is 2.67 bits per heavy atom. The van der Waals surface area contributed by atoms with Gasteiger partial charge in [0.25, 0.3) is 0 Å². The minimum atomic E-state index is -0.742. The van der Waals surface area contributed by atoms with Gasteiger partial charge >= 0.3 is 0 Å². The van der Waals surface area contributed by atoms with Gasteiger partial charge in [0.05, 0.1) is 6.04 Å². The molecule has 3 nitrogen and oxygen atoms in total. The van der Waals surface area contributed by atoms with Crippen molar-refractivity contribution in [2.24, 2.45) is 0 Å². The highest BCUT2D eigenvalue weighted by Gasteiger charge is 2.41. The number of rotatable bonds is 3. The molecule has 1 aliphatic rings. The molecule has 3 heteroatoms. The van der Waals surface area contributed by atoms with Crippen LogP contribution in [0.1, 0.15) is 36.8 Å². The fourth-order valence-corrected chi connectivity index (χ4v) is 3.02. The van der Waals surface area contributed by atoms with Crippen molar-refractivity contribution in [1.29, 1.82) is 0 Å². The van der Waals surface area contributed by atoms with E-state index in [0.717, 1.165) is 24.8 Å². The molecule has 2 rings (SSSR count). The second kappa shape index (κ2) is 5.39. The normalized spacial score (nSPS) is 28.6. The largest absolute Gasteiger partial charge is 0.383 e. The molecule has 100 valence electrons. The Kier molecular flexibility index (Phi) is 4.05. The summed E-state index contributed by atoms with van der Waals surface area (Å²) < 4.78 is 0. The molecule has 1 aliphatic carbocycles. The highest BCUT2D eigenvalue weighted by Crippen LogP contribution is 2.38. The fraction of sp³-hybridized carbons (Fsp3) is 0.600. The summed E-state index contributed by atoms with van der Waals surface area (Å²) in [5.74, 6) is 0. The van der Waals surface area contributed by atoms with Crippen LogP contribution in [0.4, 0.5) is 0 Å². The van der Waals surface area contributed by atoms with Gasteiger partial charge < -0.3 is 5.11 Å². The van der Waals surface area contributed by atoms with Crippen LogP contribution in [0.15, 0.2) is 24.3 Å². The van der Waals surface area contributed by atoms with Crippen molar-refractivity contribution in [3.8, 4) is 0 Å². The van der Waals surface area contributed by atoms with E-state index >= 15 is 0 Å². The third kappa shape index (κ3) is 2.58.